The first-order chi connectivity index (χ1) is 12.9. The molecule has 1 heterocycles. The first-order valence-electron chi connectivity index (χ1n) is 7.63. The van der Waals surface area contributed by atoms with E-state index >= 15 is 0 Å². The first kappa shape index (κ1) is 20.0. The van der Waals surface area contributed by atoms with E-state index in [1.807, 2.05) is 0 Å². The topological polar surface area (TPSA) is 121 Å². The van der Waals surface area contributed by atoms with Gasteiger partial charge in [-0.25, -0.2) is 14.4 Å². The van der Waals surface area contributed by atoms with Gasteiger partial charge in [-0.1, -0.05) is 0 Å². The predicted octanol–water partition coefficient (Wildman–Crippen LogP) is 0.582. The molecule has 0 aromatic heterocycles. The largest absolute Gasteiger partial charge is 0.503 e. The van der Waals surface area contributed by atoms with Crippen LogP contribution in [0.25, 0.3) is 0 Å². The van der Waals surface area contributed by atoms with Gasteiger partial charge in [-0.05, 0) is 12.1 Å². The van der Waals surface area contributed by atoms with E-state index in [-0.39, 0.29) is 47.4 Å². The van der Waals surface area contributed by atoms with E-state index in [1.54, 1.807) is 0 Å². The van der Waals surface area contributed by atoms with Gasteiger partial charge in [-0.15, -0.1) is 0 Å². The zero-order valence-electron chi connectivity index (χ0n) is 15.2. The average molecular weight is 381 g/mol. The molecule has 1 aromatic rings. The van der Waals surface area contributed by atoms with E-state index in [0.29, 0.717) is 0 Å². The van der Waals surface area contributed by atoms with E-state index in [4.69, 9.17) is 14.2 Å². The Morgan fingerprint density at radius 3 is 2.19 bits per heavy atom. The summed E-state index contributed by atoms with van der Waals surface area (Å²) < 4.78 is 24.5. The molecule has 0 radical (unpaired) electrons. The second kappa shape index (κ2) is 8.41. The molecule has 1 aromatic carbocycles. The quantitative estimate of drug-likeness (QED) is 0.573. The van der Waals surface area contributed by atoms with Crippen molar-refractivity contribution in [2.75, 3.05) is 46.7 Å². The smallest absolute Gasteiger partial charge is 0.355 e. The summed E-state index contributed by atoms with van der Waals surface area (Å²) in [6.07, 6.45) is 0. The lowest BCUT2D eigenvalue weighted by molar-refractivity contribution is -0.140. The van der Waals surface area contributed by atoms with Gasteiger partial charge in [0.1, 0.15) is 12.4 Å². The van der Waals surface area contributed by atoms with Crippen LogP contribution in [0.4, 0.5) is 5.69 Å². The first-order valence-corrected chi connectivity index (χ1v) is 7.63. The minimum Gasteiger partial charge on any atom is -0.503 e. The van der Waals surface area contributed by atoms with Gasteiger partial charge < -0.3 is 33.7 Å². The third-order valence-corrected chi connectivity index (χ3v) is 3.82. The van der Waals surface area contributed by atoms with Crippen molar-refractivity contribution >= 4 is 23.6 Å². The molecule has 0 amide bonds. The minimum atomic E-state index is -0.847. The zero-order valence-corrected chi connectivity index (χ0v) is 15.2. The van der Waals surface area contributed by atoms with Crippen molar-refractivity contribution < 1.29 is 43.2 Å². The highest BCUT2D eigenvalue weighted by molar-refractivity contribution is 6.04. The summed E-state index contributed by atoms with van der Waals surface area (Å²) in [5.41, 5.74) is -0.250. The molecular formula is C17H19NO9. The minimum absolute atomic E-state index is 0.0174. The number of carbonyl (C=O) groups is 3. The Morgan fingerprint density at radius 2 is 1.63 bits per heavy atom. The Labute approximate surface area is 154 Å². The number of benzene rings is 1. The maximum atomic E-state index is 12.3. The fourth-order valence-electron chi connectivity index (χ4n) is 2.52. The Hall–Kier alpha value is -3.27. The Balaban J connectivity index is 2.71. The zero-order chi connectivity index (χ0) is 20.1. The van der Waals surface area contributed by atoms with Gasteiger partial charge in [0.25, 0.3) is 0 Å². The third kappa shape index (κ3) is 3.80. The number of nitrogens with zero attached hydrogens (tertiary/aromatic N) is 1. The molecule has 0 aliphatic carbocycles. The number of rotatable bonds is 5. The number of hydrogen-bond donors (Lipinski definition) is 1. The lowest BCUT2D eigenvalue weighted by Gasteiger charge is -2.32. The lowest BCUT2D eigenvalue weighted by Crippen LogP contribution is -2.39. The molecule has 0 fully saturated rings. The SMILES string of the molecule is COC(=O)C1=C(C(=O)OC)N(c2cc(C(=O)OC)cc(OC)c2O)COC1. The third-order valence-electron chi connectivity index (χ3n) is 3.82. The highest BCUT2D eigenvalue weighted by atomic mass is 16.5. The van der Waals surface area contributed by atoms with Gasteiger partial charge in [0, 0.05) is 0 Å². The second-order valence-corrected chi connectivity index (χ2v) is 5.25. The molecule has 0 unspecified atom stereocenters. The number of ether oxygens (including phenoxy) is 5. The molecule has 27 heavy (non-hydrogen) atoms. The maximum absolute atomic E-state index is 12.3. The molecule has 1 aliphatic heterocycles. The van der Waals surface area contributed by atoms with Crippen molar-refractivity contribution in [2.45, 2.75) is 0 Å². The number of phenols is 1. The van der Waals surface area contributed by atoms with Crippen molar-refractivity contribution in [1.82, 2.24) is 0 Å². The number of hydrogen-bond acceptors (Lipinski definition) is 10. The molecule has 2 rings (SSSR count). The van der Waals surface area contributed by atoms with Crippen LogP contribution in [-0.4, -0.2) is 64.8 Å². The predicted molar refractivity (Wildman–Crippen MR) is 90.4 cm³/mol. The van der Waals surface area contributed by atoms with Gasteiger partial charge in [0.05, 0.1) is 51.9 Å². The molecule has 146 valence electrons. The fraction of sp³-hybridized carbons (Fsp3) is 0.353. The van der Waals surface area contributed by atoms with E-state index in [1.165, 1.54) is 31.3 Å². The van der Waals surface area contributed by atoms with Crippen LogP contribution in [0.5, 0.6) is 11.5 Å². The van der Waals surface area contributed by atoms with E-state index < -0.39 is 17.9 Å². The molecular weight excluding hydrogens is 362 g/mol. The Kier molecular flexibility index (Phi) is 6.24. The highest BCUT2D eigenvalue weighted by Gasteiger charge is 2.34. The summed E-state index contributed by atoms with van der Waals surface area (Å²) in [6.45, 7) is -0.394. The molecule has 0 spiro atoms. The molecule has 0 saturated heterocycles. The van der Waals surface area contributed by atoms with Crippen LogP contribution in [0.15, 0.2) is 23.4 Å². The summed E-state index contributed by atoms with van der Waals surface area (Å²) in [4.78, 5) is 37.5. The van der Waals surface area contributed by atoms with Gasteiger partial charge in [0.15, 0.2) is 11.5 Å². The molecule has 1 aliphatic rings. The normalized spacial score (nSPS) is 13.9. The number of esters is 3. The summed E-state index contributed by atoms with van der Waals surface area (Å²) in [6, 6.07) is 2.55. The molecule has 10 nitrogen and oxygen atoms in total. The summed E-state index contributed by atoms with van der Waals surface area (Å²) in [5.74, 6) is -2.75. The van der Waals surface area contributed by atoms with E-state index in [2.05, 4.69) is 9.47 Å². The van der Waals surface area contributed by atoms with Gasteiger partial charge in [-0.3, -0.25) is 0 Å². The summed E-state index contributed by atoms with van der Waals surface area (Å²) >= 11 is 0. The van der Waals surface area contributed by atoms with Gasteiger partial charge in [0.2, 0.25) is 0 Å². The van der Waals surface area contributed by atoms with E-state index in [0.717, 1.165) is 14.2 Å². The standard InChI is InChI=1S/C17H19NO9/c1-23-12-6-9(15(20)24-2)5-11(14(12)19)18-8-27-7-10(16(21)25-3)13(18)17(22)26-4/h5-6,19H,7-8H2,1-4H3. The number of carbonyl (C=O) groups excluding carboxylic acids is 3. The van der Waals surface area contributed by atoms with Crippen LogP contribution >= 0.6 is 0 Å². The Morgan fingerprint density at radius 1 is 1.00 bits per heavy atom. The molecule has 10 heteroatoms. The van der Waals surface area contributed by atoms with Gasteiger partial charge in [-0.2, -0.15) is 0 Å². The van der Waals surface area contributed by atoms with Crippen LogP contribution in [0.2, 0.25) is 0 Å². The Bertz CT molecular complexity index is 800. The summed E-state index contributed by atoms with van der Waals surface area (Å²) in [5, 5.41) is 10.5. The number of aromatic hydroxyl groups is 1. The van der Waals surface area contributed by atoms with Crippen LogP contribution in [-0.2, 0) is 28.5 Å². The second-order valence-electron chi connectivity index (χ2n) is 5.25. The van der Waals surface area contributed by atoms with Crippen molar-refractivity contribution in [3.05, 3.63) is 29.0 Å². The number of phenolic OH excluding ortho intramolecular Hbond substituents is 1. The maximum Gasteiger partial charge on any atom is 0.355 e. The summed E-state index contributed by atoms with van der Waals surface area (Å²) in [7, 11) is 4.79. The molecule has 1 N–H and O–H groups in total. The van der Waals surface area contributed by atoms with Crippen molar-refractivity contribution in [3.63, 3.8) is 0 Å². The van der Waals surface area contributed by atoms with E-state index in [9.17, 15) is 19.5 Å². The van der Waals surface area contributed by atoms with Crippen LogP contribution < -0.4 is 9.64 Å². The van der Waals surface area contributed by atoms with Crippen molar-refractivity contribution in [2.24, 2.45) is 0 Å². The molecule has 0 bridgehead atoms. The molecule has 0 atom stereocenters. The van der Waals surface area contributed by atoms with Gasteiger partial charge >= 0.3 is 17.9 Å². The number of methoxy groups -OCH3 is 4. The van der Waals surface area contributed by atoms with Crippen LogP contribution in [0, 0.1) is 0 Å². The highest BCUT2D eigenvalue weighted by Crippen LogP contribution is 2.41. The fourth-order valence-corrected chi connectivity index (χ4v) is 2.52. The van der Waals surface area contributed by atoms with Crippen LogP contribution in [0.1, 0.15) is 10.4 Å². The van der Waals surface area contributed by atoms with Crippen molar-refractivity contribution in [1.29, 1.82) is 0 Å². The number of anilines is 1. The lowest BCUT2D eigenvalue weighted by atomic mass is 10.1. The average Bonchev–Trinajstić information content (AvgIpc) is 2.71. The van der Waals surface area contributed by atoms with Crippen LogP contribution in [0.3, 0.4) is 0 Å². The monoisotopic (exact) mass is 381 g/mol. The van der Waals surface area contributed by atoms with Crippen molar-refractivity contribution in [3.8, 4) is 11.5 Å². The molecule has 0 saturated carbocycles.